The third-order valence-corrected chi connectivity index (χ3v) is 4.44. The molecule has 0 aliphatic carbocycles. The van der Waals surface area contributed by atoms with Gasteiger partial charge in [0.25, 0.3) is 0 Å². The number of para-hydroxylation sites is 2. The molecule has 7 nitrogen and oxygen atoms in total. The highest BCUT2D eigenvalue weighted by molar-refractivity contribution is 5.79. The summed E-state index contributed by atoms with van der Waals surface area (Å²) in [6.07, 6.45) is 2.58. The molecule has 0 amide bonds. The number of hydrogen-bond donors (Lipinski definition) is 2. The van der Waals surface area contributed by atoms with Gasteiger partial charge in [-0.2, -0.15) is 0 Å². The second-order valence-electron chi connectivity index (χ2n) is 6.56. The van der Waals surface area contributed by atoms with Crippen molar-refractivity contribution in [1.29, 1.82) is 0 Å². The monoisotopic (exact) mass is 410 g/mol. The van der Waals surface area contributed by atoms with Gasteiger partial charge in [-0.05, 0) is 25.1 Å². The molecule has 0 radical (unpaired) electrons. The van der Waals surface area contributed by atoms with Crippen LogP contribution in [-0.2, 0) is 19.5 Å². The summed E-state index contributed by atoms with van der Waals surface area (Å²) in [6, 6.07) is 13.9. The molecule has 0 aliphatic rings. The summed E-state index contributed by atoms with van der Waals surface area (Å²) in [4.78, 5) is 4.65. The van der Waals surface area contributed by atoms with E-state index in [2.05, 4.69) is 32.7 Å². The Hall–Kier alpha value is -3.42. The first-order valence-electron chi connectivity index (χ1n) is 10.1. The van der Waals surface area contributed by atoms with E-state index in [0.29, 0.717) is 24.8 Å². The largest absolute Gasteiger partial charge is 0.454 e. The molecule has 1 aromatic heterocycles. The summed E-state index contributed by atoms with van der Waals surface area (Å²) >= 11 is 0. The standard InChI is InChI=1S/C22H27FN6O/c1-3-21-28-27-16-29(21)14-13-25-22(24-4-2)26-15-17-9-5-7-11-19(17)30-20-12-8-6-10-18(20)23/h5-12,16H,3-4,13-15H2,1-2H3,(H2,24,25,26). The number of aryl methyl sites for hydroxylation is 1. The Morgan fingerprint density at radius 3 is 2.60 bits per heavy atom. The smallest absolute Gasteiger partial charge is 0.191 e. The van der Waals surface area contributed by atoms with E-state index < -0.39 is 5.82 Å². The molecule has 0 saturated carbocycles. The SMILES string of the molecule is CCNC(=NCc1ccccc1Oc1ccccc1F)NCCn1cnnc1CC. The lowest BCUT2D eigenvalue weighted by Crippen LogP contribution is -2.38. The molecule has 0 atom stereocenters. The molecule has 2 aromatic carbocycles. The molecule has 0 bridgehead atoms. The van der Waals surface area contributed by atoms with Crippen LogP contribution in [-0.4, -0.2) is 33.8 Å². The summed E-state index contributed by atoms with van der Waals surface area (Å²) in [6.45, 7) is 6.64. The van der Waals surface area contributed by atoms with Gasteiger partial charge >= 0.3 is 0 Å². The molecule has 2 N–H and O–H groups in total. The zero-order valence-corrected chi connectivity index (χ0v) is 17.3. The molecule has 0 unspecified atom stereocenters. The van der Waals surface area contributed by atoms with Gasteiger partial charge in [-0.3, -0.25) is 0 Å². The molecule has 0 aliphatic heterocycles. The zero-order chi connectivity index (χ0) is 21.2. The van der Waals surface area contributed by atoms with Gasteiger partial charge in [0.2, 0.25) is 0 Å². The van der Waals surface area contributed by atoms with E-state index >= 15 is 0 Å². The zero-order valence-electron chi connectivity index (χ0n) is 17.3. The molecular formula is C22H27FN6O. The van der Waals surface area contributed by atoms with Gasteiger partial charge in [0.05, 0.1) is 6.54 Å². The van der Waals surface area contributed by atoms with Gasteiger partial charge in [-0.1, -0.05) is 37.3 Å². The van der Waals surface area contributed by atoms with Gasteiger partial charge in [0.1, 0.15) is 17.9 Å². The van der Waals surface area contributed by atoms with E-state index in [1.807, 2.05) is 35.8 Å². The number of guanidine groups is 1. The van der Waals surface area contributed by atoms with Gasteiger partial charge in [0, 0.05) is 31.6 Å². The summed E-state index contributed by atoms with van der Waals surface area (Å²) in [7, 11) is 0. The minimum atomic E-state index is -0.397. The second kappa shape index (κ2) is 10.9. The maximum atomic E-state index is 13.9. The highest BCUT2D eigenvalue weighted by atomic mass is 19.1. The van der Waals surface area contributed by atoms with Crippen molar-refractivity contribution in [2.45, 2.75) is 33.4 Å². The topological polar surface area (TPSA) is 76.4 Å². The Morgan fingerprint density at radius 2 is 1.83 bits per heavy atom. The third-order valence-electron chi connectivity index (χ3n) is 4.44. The van der Waals surface area contributed by atoms with Crippen LogP contribution in [0.15, 0.2) is 59.9 Å². The third kappa shape index (κ3) is 5.79. The number of ether oxygens (including phenoxy) is 1. The molecule has 158 valence electrons. The highest BCUT2D eigenvalue weighted by Gasteiger charge is 2.08. The van der Waals surface area contributed by atoms with Crippen molar-refractivity contribution in [3.63, 3.8) is 0 Å². The van der Waals surface area contributed by atoms with Crippen molar-refractivity contribution in [2.75, 3.05) is 13.1 Å². The molecule has 3 rings (SSSR count). The predicted molar refractivity (Wildman–Crippen MR) is 115 cm³/mol. The number of nitrogens with one attached hydrogen (secondary N) is 2. The molecule has 8 heteroatoms. The summed E-state index contributed by atoms with van der Waals surface area (Å²) < 4.78 is 21.8. The quantitative estimate of drug-likeness (QED) is 0.417. The van der Waals surface area contributed by atoms with Crippen LogP contribution in [0.1, 0.15) is 25.2 Å². The Morgan fingerprint density at radius 1 is 1.07 bits per heavy atom. The number of hydrogen-bond acceptors (Lipinski definition) is 4. The molecule has 0 fully saturated rings. The first-order valence-corrected chi connectivity index (χ1v) is 10.1. The van der Waals surface area contributed by atoms with Crippen LogP contribution in [0, 0.1) is 5.82 Å². The number of aromatic nitrogens is 3. The van der Waals surface area contributed by atoms with Crippen molar-refractivity contribution in [3.8, 4) is 11.5 Å². The average Bonchev–Trinajstić information content (AvgIpc) is 3.22. The number of nitrogens with zero attached hydrogens (tertiary/aromatic N) is 4. The van der Waals surface area contributed by atoms with E-state index in [9.17, 15) is 4.39 Å². The van der Waals surface area contributed by atoms with E-state index in [-0.39, 0.29) is 5.75 Å². The summed E-state index contributed by atoms with van der Waals surface area (Å²) in [5.41, 5.74) is 0.866. The van der Waals surface area contributed by atoms with Crippen LogP contribution in [0.5, 0.6) is 11.5 Å². The first kappa shape index (κ1) is 21.3. The van der Waals surface area contributed by atoms with Crippen molar-refractivity contribution >= 4 is 5.96 Å². The van der Waals surface area contributed by atoms with Gasteiger partial charge in [0.15, 0.2) is 17.5 Å². The van der Waals surface area contributed by atoms with E-state index in [1.165, 1.54) is 6.07 Å². The number of rotatable bonds is 9. The lowest BCUT2D eigenvalue weighted by molar-refractivity contribution is 0.438. The lowest BCUT2D eigenvalue weighted by Gasteiger charge is -2.13. The van der Waals surface area contributed by atoms with Gasteiger partial charge in [-0.25, -0.2) is 9.38 Å². The van der Waals surface area contributed by atoms with Crippen LogP contribution in [0.2, 0.25) is 0 Å². The number of benzene rings is 2. The summed E-state index contributed by atoms with van der Waals surface area (Å²) in [5, 5.41) is 14.6. The molecule has 1 heterocycles. The van der Waals surface area contributed by atoms with Crippen LogP contribution in [0.25, 0.3) is 0 Å². The van der Waals surface area contributed by atoms with Crippen LogP contribution >= 0.6 is 0 Å². The maximum absolute atomic E-state index is 13.9. The van der Waals surface area contributed by atoms with Crippen LogP contribution < -0.4 is 15.4 Å². The van der Waals surface area contributed by atoms with Crippen molar-refractivity contribution in [2.24, 2.45) is 4.99 Å². The van der Waals surface area contributed by atoms with E-state index in [0.717, 1.165) is 30.9 Å². The second-order valence-corrected chi connectivity index (χ2v) is 6.56. The van der Waals surface area contributed by atoms with Gasteiger partial charge in [-0.15, -0.1) is 10.2 Å². The Bertz CT molecular complexity index is 972. The maximum Gasteiger partial charge on any atom is 0.191 e. The average molecular weight is 410 g/mol. The fourth-order valence-electron chi connectivity index (χ4n) is 2.92. The summed E-state index contributed by atoms with van der Waals surface area (Å²) in [5.74, 6) is 2.03. The Labute approximate surface area is 176 Å². The molecule has 0 saturated heterocycles. The normalized spacial score (nSPS) is 11.4. The first-order chi connectivity index (χ1) is 14.7. The van der Waals surface area contributed by atoms with Crippen molar-refractivity contribution < 1.29 is 9.13 Å². The fourth-order valence-corrected chi connectivity index (χ4v) is 2.92. The molecule has 3 aromatic rings. The minimum absolute atomic E-state index is 0.194. The Kier molecular flexibility index (Phi) is 7.77. The van der Waals surface area contributed by atoms with Gasteiger partial charge < -0.3 is 19.9 Å². The lowest BCUT2D eigenvalue weighted by atomic mass is 10.2. The molecule has 0 spiro atoms. The molecular weight excluding hydrogens is 383 g/mol. The van der Waals surface area contributed by atoms with Crippen molar-refractivity contribution in [1.82, 2.24) is 25.4 Å². The Balaban J connectivity index is 1.65. The molecule has 30 heavy (non-hydrogen) atoms. The minimum Gasteiger partial charge on any atom is -0.454 e. The van der Waals surface area contributed by atoms with Crippen molar-refractivity contribution in [3.05, 3.63) is 72.1 Å². The number of halogens is 1. The number of aliphatic imine (C=N–C) groups is 1. The van der Waals surface area contributed by atoms with Crippen LogP contribution in [0.4, 0.5) is 4.39 Å². The van der Waals surface area contributed by atoms with Crippen LogP contribution in [0.3, 0.4) is 0 Å². The van der Waals surface area contributed by atoms with E-state index in [1.54, 1.807) is 24.5 Å². The fraction of sp³-hybridized carbons (Fsp3) is 0.318. The van der Waals surface area contributed by atoms with E-state index in [4.69, 9.17) is 4.74 Å². The predicted octanol–water partition coefficient (Wildman–Crippen LogP) is 3.53. The highest BCUT2D eigenvalue weighted by Crippen LogP contribution is 2.27.